The Morgan fingerprint density at radius 2 is 2.04 bits per heavy atom. The molecule has 0 spiro atoms. The van der Waals surface area contributed by atoms with E-state index in [4.69, 9.17) is 9.15 Å². The van der Waals surface area contributed by atoms with Gasteiger partial charge in [0.15, 0.2) is 5.89 Å². The summed E-state index contributed by atoms with van der Waals surface area (Å²) >= 11 is 1.02. The summed E-state index contributed by atoms with van der Waals surface area (Å²) in [5.74, 6) is 2.85. The van der Waals surface area contributed by atoms with Crippen LogP contribution in [0, 0.1) is 12.8 Å². The molecule has 0 unspecified atom stereocenters. The third-order valence-corrected chi connectivity index (χ3v) is 4.98. The molecular weight excluding hydrogens is 364 g/mol. The molecule has 0 aliphatic heterocycles. The minimum absolute atomic E-state index is 0.0524. The van der Waals surface area contributed by atoms with Gasteiger partial charge in [-0.25, -0.2) is 4.98 Å². The largest absolute Gasteiger partial charge is 0.494 e. The van der Waals surface area contributed by atoms with Crippen LogP contribution in [0.25, 0.3) is 0 Å². The average Bonchev–Trinajstić information content (AvgIpc) is 3.10. The molecule has 144 valence electrons. The van der Waals surface area contributed by atoms with Crippen LogP contribution in [-0.4, -0.2) is 21.7 Å². The van der Waals surface area contributed by atoms with Gasteiger partial charge in [-0.15, -0.1) is 0 Å². The molecule has 0 aliphatic rings. The van der Waals surface area contributed by atoms with E-state index in [1.165, 1.54) is 0 Å². The number of benzene rings is 1. The van der Waals surface area contributed by atoms with Crippen LogP contribution in [0.15, 0.2) is 33.5 Å². The van der Waals surface area contributed by atoms with Crippen molar-refractivity contribution in [3.63, 3.8) is 0 Å². The van der Waals surface area contributed by atoms with Gasteiger partial charge in [0.2, 0.25) is 5.88 Å². The minimum Gasteiger partial charge on any atom is -0.494 e. The van der Waals surface area contributed by atoms with Gasteiger partial charge in [0.25, 0.3) is 0 Å². The maximum Gasteiger partial charge on any atom is 0.307 e. The quantitative estimate of drug-likeness (QED) is 0.612. The standard InChI is InChI=1S/C20H24N2O4S/c1-12(2)10-16-13(3)26-18(21-16)8-9-25-15-6-4-14(5-7-15)11-17-19(23)22-20(24)27-17/h4-7,12,23H,8-11H2,1-3H3,(H,22,24). The molecule has 3 aromatic rings. The van der Waals surface area contributed by atoms with Gasteiger partial charge in [-0.05, 0) is 37.0 Å². The Hall–Kier alpha value is -2.54. The van der Waals surface area contributed by atoms with Crippen molar-refractivity contribution in [1.29, 1.82) is 0 Å². The summed E-state index contributed by atoms with van der Waals surface area (Å²) in [6.07, 6.45) is 2.04. The van der Waals surface area contributed by atoms with E-state index in [2.05, 4.69) is 23.8 Å². The lowest BCUT2D eigenvalue weighted by Crippen LogP contribution is -2.02. The van der Waals surface area contributed by atoms with Crippen molar-refractivity contribution in [2.45, 2.75) is 40.0 Å². The highest BCUT2D eigenvalue weighted by atomic mass is 32.1. The van der Waals surface area contributed by atoms with E-state index in [-0.39, 0.29) is 10.8 Å². The lowest BCUT2D eigenvalue weighted by Gasteiger charge is -2.06. The second kappa shape index (κ2) is 8.43. The van der Waals surface area contributed by atoms with E-state index in [1.54, 1.807) is 0 Å². The van der Waals surface area contributed by atoms with Gasteiger partial charge < -0.3 is 14.3 Å². The molecule has 0 radical (unpaired) electrons. The second-order valence-electron chi connectivity index (χ2n) is 6.91. The number of aromatic amines is 1. The first-order valence-electron chi connectivity index (χ1n) is 8.98. The highest BCUT2D eigenvalue weighted by Crippen LogP contribution is 2.22. The Morgan fingerprint density at radius 1 is 1.30 bits per heavy atom. The van der Waals surface area contributed by atoms with Crippen molar-refractivity contribution >= 4 is 11.3 Å². The van der Waals surface area contributed by atoms with E-state index in [0.717, 1.165) is 40.5 Å². The van der Waals surface area contributed by atoms with Crippen LogP contribution in [0.5, 0.6) is 11.6 Å². The Bertz CT molecular complexity index is 938. The molecule has 1 aromatic carbocycles. The molecular formula is C20H24N2O4S. The predicted molar refractivity (Wildman–Crippen MR) is 105 cm³/mol. The number of nitrogens with zero attached hydrogens (tertiary/aromatic N) is 1. The Kier molecular flexibility index (Phi) is 6.01. The van der Waals surface area contributed by atoms with E-state index < -0.39 is 0 Å². The van der Waals surface area contributed by atoms with Gasteiger partial charge in [0.05, 0.1) is 23.6 Å². The highest BCUT2D eigenvalue weighted by Gasteiger charge is 2.11. The van der Waals surface area contributed by atoms with Crippen LogP contribution in [0.2, 0.25) is 0 Å². The predicted octanol–water partition coefficient (Wildman–Crippen LogP) is 3.85. The van der Waals surface area contributed by atoms with Crippen LogP contribution >= 0.6 is 11.3 Å². The number of thiazole rings is 1. The maximum atomic E-state index is 11.2. The fourth-order valence-electron chi connectivity index (χ4n) is 2.79. The van der Waals surface area contributed by atoms with Crippen molar-refractivity contribution in [2.24, 2.45) is 5.92 Å². The van der Waals surface area contributed by atoms with Gasteiger partial charge in [-0.1, -0.05) is 37.3 Å². The molecule has 0 bridgehead atoms. The normalized spacial score (nSPS) is 11.3. The van der Waals surface area contributed by atoms with Crippen molar-refractivity contribution in [1.82, 2.24) is 9.97 Å². The van der Waals surface area contributed by atoms with E-state index in [9.17, 15) is 9.90 Å². The summed E-state index contributed by atoms with van der Waals surface area (Å²) in [6, 6.07) is 7.61. The fourth-order valence-corrected chi connectivity index (χ4v) is 3.55. The van der Waals surface area contributed by atoms with Crippen molar-refractivity contribution in [3.8, 4) is 11.6 Å². The monoisotopic (exact) mass is 388 g/mol. The van der Waals surface area contributed by atoms with Crippen LogP contribution in [0.1, 0.15) is 41.6 Å². The topological polar surface area (TPSA) is 88.3 Å². The number of oxazole rings is 1. The molecule has 27 heavy (non-hydrogen) atoms. The summed E-state index contributed by atoms with van der Waals surface area (Å²) in [5.41, 5.74) is 2.02. The van der Waals surface area contributed by atoms with Gasteiger partial charge in [-0.3, -0.25) is 9.78 Å². The zero-order chi connectivity index (χ0) is 19.4. The Morgan fingerprint density at radius 3 is 2.67 bits per heavy atom. The number of rotatable bonds is 8. The molecule has 0 aliphatic carbocycles. The number of aryl methyl sites for hydroxylation is 1. The van der Waals surface area contributed by atoms with Gasteiger partial charge in [0.1, 0.15) is 11.5 Å². The zero-order valence-corrected chi connectivity index (χ0v) is 16.6. The van der Waals surface area contributed by atoms with E-state index in [0.29, 0.717) is 36.1 Å². The number of ether oxygens (including phenoxy) is 1. The molecule has 2 aromatic heterocycles. The molecule has 0 fully saturated rings. The smallest absolute Gasteiger partial charge is 0.307 e. The van der Waals surface area contributed by atoms with Gasteiger partial charge >= 0.3 is 4.87 Å². The SMILES string of the molecule is Cc1oc(CCOc2ccc(Cc3sc(=O)[nH]c3O)cc2)nc1CC(C)C. The minimum atomic E-state index is -0.249. The Balaban J connectivity index is 1.52. The molecule has 2 heterocycles. The van der Waals surface area contributed by atoms with E-state index in [1.807, 2.05) is 31.2 Å². The molecule has 6 nitrogen and oxygen atoms in total. The summed E-state index contributed by atoms with van der Waals surface area (Å²) in [5, 5.41) is 9.66. The Labute approximate surface area is 161 Å². The maximum absolute atomic E-state index is 11.2. The number of hydrogen-bond donors (Lipinski definition) is 2. The first-order valence-corrected chi connectivity index (χ1v) is 9.80. The second-order valence-corrected chi connectivity index (χ2v) is 7.98. The third kappa shape index (κ3) is 5.23. The van der Waals surface area contributed by atoms with E-state index >= 15 is 0 Å². The van der Waals surface area contributed by atoms with Gasteiger partial charge in [-0.2, -0.15) is 0 Å². The van der Waals surface area contributed by atoms with Crippen LogP contribution in [0.4, 0.5) is 0 Å². The number of nitrogens with one attached hydrogen (secondary N) is 1. The number of H-pyrrole nitrogens is 1. The third-order valence-electron chi connectivity index (χ3n) is 4.11. The fraction of sp³-hybridized carbons (Fsp3) is 0.400. The summed E-state index contributed by atoms with van der Waals surface area (Å²) in [7, 11) is 0. The van der Waals surface area contributed by atoms with Crippen LogP contribution < -0.4 is 9.61 Å². The van der Waals surface area contributed by atoms with Crippen LogP contribution in [-0.2, 0) is 19.3 Å². The number of aromatic hydroxyl groups is 1. The summed E-state index contributed by atoms with van der Waals surface area (Å²) < 4.78 is 11.5. The summed E-state index contributed by atoms with van der Waals surface area (Å²) in [6.45, 7) is 6.77. The molecule has 7 heteroatoms. The summed E-state index contributed by atoms with van der Waals surface area (Å²) in [4.78, 5) is 18.5. The zero-order valence-electron chi connectivity index (χ0n) is 15.7. The van der Waals surface area contributed by atoms with Crippen LogP contribution in [0.3, 0.4) is 0 Å². The highest BCUT2D eigenvalue weighted by molar-refractivity contribution is 7.09. The van der Waals surface area contributed by atoms with Gasteiger partial charge in [0, 0.05) is 6.42 Å². The van der Waals surface area contributed by atoms with Crippen molar-refractivity contribution < 1.29 is 14.3 Å². The average molecular weight is 388 g/mol. The lowest BCUT2D eigenvalue weighted by atomic mass is 10.1. The molecule has 0 amide bonds. The number of aromatic nitrogens is 2. The lowest BCUT2D eigenvalue weighted by molar-refractivity contribution is 0.304. The molecule has 3 rings (SSSR count). The molecule has 0 saturated carbocycles. The van der Waals surface area contributed by atoms with Crippen molar-refractivity contribution in [2.75, 3.05) is 6.61 Å². The first kappa shape index (κ1) is 19.2. The number of hydrogen-bond acceptors (Lipinski definition) is 6. The molecule has 2 N–H and O–H groups in total. The van der Waals surface area contributed by atoms with Crippen molar-refractivity contribution in [3.05, 3.63) is 61.7 Å². The first-order chi connectivity index (χ1) is 12.9. The molecule has 0 saturated heterocycles. The molecule has 0 atom stereocenters.